The molecular weight excluding hydrogens is 360 g/mol. The van der Waals surface area contributed by atoms with Gasteiger partial charge in [0.2, 0.25) is 0 Å². The largest absolute Gasteiger partial charge is 0.346 e. The standard InChI is InChI=1S/C14H18BrClN2O3/c1-4-14(5-6-16)9(3)10(15)12(21-14)18-7-8(2)11(19)17-13(18)20/h5-7,9-10,12H,4H2,1-3H3,(H,17,19,20)/b6-5-/t9?,10-,12+,14-/m0/s1. The summed E-state index contributed by atoms with van der Waals surface area (Å²) in [6.45, 7) is 5.71. The average molecular weight is 378 g/mol. The van der Waals surface area contributed by atoms with E-state index in [1.54, 1.807) is 6.92 Å². The maximum atomic E-state index is 12.1. The summed E-state index contributed by atoms with van der Waals surface area (Å²) in [5.41, 5.74) is 0.518. The highest BCUT2D eigenvalue weighted by Gasteiger charge is 2.50. The highest BCUT2D eigenvalue weighted by atomic mass is 79.9. The number of rotatable bonds is 3. The molecule has 1 saturated heterocycles. The second-order valence-electron chi connectivity index (χ2n) is 5.32. The summed E-state index contributed by atoms with van der Waals surface area (Å²) in [6, 6.07) is 0. The van der Waals surface area contributed by atoms with E-state index in [1.165, 1.54) is 16.3 Å². The molecule has 21 heavy (non-hydrogen) atoms. The van der Waals surface area contributed by atoms with E-state index in [0.717, 1.165) is 6.42 Å². The van der Waals surface area contributed by atoms with Crippen LogP contribution in [0.15, 0.2) is 27.4 Å². The normalized spacial score (nSPS) is 32.9. The third-order valence-corrected chi connectivity index (χ3v) is 5.55. The minimum Gasteiger partial charge on any atom is -0.346 e. The van der Waals surface area contributed by atoms with Gasteiger partial charge in [0.1, 0.15) is 0 Å². The highest BCUT2D eigenvalue weighted by Crippen LogP contribution is 2.47. The molecule has 0 bridgehead atoms. The Balaban J connectivity index is 2.50. The Morgan fingerprint density at radius 3 is 2.81 bits per heavy atom. The number of halogens is 2. The zero-order valence-electron chi connectivity index (χ0n) is 12.1. The van der Waals surface area contributed by atoms with Crippen LogP contribution < -0.4 is 11.2 Å². The van der Waals surface area contributed by atoms with E-state index >= 15 is 0 Å². The van der Waals surface area contributed by atoms with Crippen LogP contribution in [0.2, 0.25) is 0 Å². The second kappa shape index (κ2) is 6.10. The number of aromatic amines is 1. The summed E-state index contributed by atoms with van der Waals surface area (Å²) in [4.78, 5) is 25.8. The molecule has 0 spiro atoms. The third kappa shape index (κ3) is 2.76. The first kappa shape index (κ1) is 16.5. The van der Waals surface area contributed by atoms with Crippen LogP contribution >= 0.6 is 27.5 Å². The van der Waals surface area contributed by atoms with Crippen LogP contribution in [0.1, 0.15) is 32.1 Å². The zero-order chi connectivity index (χ0) is 15.8. The Labute approximate surface area is 136 Å². The minimum absolute atomic E-state index is 0.0756. The monoisotopic (exact) mass is 376 g/mol. The molecule has 2 rings (SSSR count). The fourth-order valence-corrected chi connectivity index (χ4v) is 3.74. The number of nitrogens with zero attached hydrogens (tertiary/aromatic N) is 1. The van der Waals surface area contributed by atoms with Crippen molar-refractivity contribution in [2.24, 2.45) is 5.92 Å². The molecule has 1 aromatic heterocycles. The lowest BCUT2D eigenvalue weighted by atomic mass is 9.86. The Hall–Kier alpha value is -0.850. The number of aromatic nitrogens is 2. The third-order valence-electron chi connectivity index (χ3n) is 4.18. The smallest absolute Gasteiger partial charge is 0.330 e. The molecule has 1 aliphatic rings. The van der Waals surface area contributed by atoms with Gasteiger partial charge in [-0.3, -0.25) is 14.3 Å². The van der Waals surface area contributed by atoms with Gasteiger partial charge < -0.3 is 4.74 Å². The van der Waals surface area contributed by atoms with Crippen molar-refractivity contribution < 1.29 is 4.74 Å². The lowest BCUT2D eigenvalue weighted by Gasteiger charge is -2.28. The summed E-state index contributed by atoms with van der Waals surface area (Å²) < 4.78 is 7.57. The van der Waals surface area contributed by atoms with E-state index < -0.39 is 17.5 Å². The summed E-state index contributed by atoms with van der Waals surface area (Å²) in [7, 11) is 0. The number of hydrogen-bond acceptors (Lipinski definition) is 3. The zero-order valence-corrected chi connectivity index (χ0v) is 14.4. The lowest BCUT2D eigenvalue weighted by Crippen LogP contribution is -2.35. The number of nitrogens with one attached hydrogen (secondary N) is 1. The van der Waals surface area contributed by atoms with Crippen molar-refractivity contribution in [2.45, 2.75) is 43.8 Å². The van der Waals surface area contributed by atoms with Crippen LogP contribution in [0.3, 0.4) is 0 Å². The summed E-state index contributed by atoms with van der Waals surface area (Å²) in [6.07, 6.45) is 3.57. The summed E-state index contributed by atoms with van der Waals surface area (Å²) in [5.74, 6) is 0.113. The summed E-state index contributed by atoms with van der Waals surface area (Å²) in [5, 5.41) is 0. The van der Waals surface area contributed by atoms with Crippen molar-refractivity contribution >= 4 is 27.5 Å². The van der Waals surface area contributed by atoms with Crippen molar-refractivity contribution in [3.05, 3.63) is 44.2 Å². The molecular formula is C14H18BrClN2O3. The van der Waals surface area contributed by atoms with E-state index in [0.29, 0.717) is 5.56 Å². The number of alkyl halides is 1. The maximum Gasteiger partial charge on any atom is 0.330 e. The van der Waals surface area contributed by atoms with Crippen LogP contribution in [0.5, 0.6) is 0 Å². The van der Waals surface area contributed by atoms with Gasteiger partial charge in [0, 0.05) is 23.2 Å². The van der Waals surface area contributed by atoms with Gasteiger partial charge in [0.05, 0.1) is 10.4 Å². The van der Waals surface area contributed by atoms with Gasteiger partial charge >= 0.3 is 5.69 Å². The predicted octanol–water partition coefficient (Wildman–Crippen LogP) is 2.67. The van der Waals surface area contributed by atoms with E-state index in [1.807, 2.05) is 19.9 Å². The van der Waals surface area contributed by atoms with Crippen molar-refractivity contribution in [1.29, 1.82) is 0 Å². The Morgan fingerprint density at radius 1 is 1.57 bits per heavy atom. The number of ether oxygens (including phenoxy) is 1. The number of aryl methyl sites for hydroxylation is 1. The van der Waals surface area contributed by atoms with Gasteiger partial charge in [-0.05, 0) is 19.4 Å². The van der Waals surface area contributed by atoms with Crippen LogP contribution in [-0.2, 0) is 4.74 Å². The van der Waals surface area contributed by atoms with Gasteiger partial charge in [0.15, 0.2) is 6.23 Å². The molecule has 0 radical (unpaired) electrons. The SMILES string of the molecule is CC[C@@]1(/C=C\Cl)O[C@@H](n2cc(C)c(=O)[nH]c2=O)[C@@H](Br)C1C. The molecule has 1 unspecified atom stereocenters. The van der Waals surface area contributed by atoms with Crippen LogP contribution in [0.25, 0.3) is 0 Å². The molecule has 5 nitrogen and oxygen atoms in total. The molecule has 0 saturated carbocycles. The first-order valence-corrected chi connectivity index (χ1v) is 8.13. The van der Waals surface area contributed by atoms with Crippen molar-refractivity contribution in [3.8, 4) is 0 Å². The molecule has 0 aromatic carbocycles. The van der Waals surface area contributed by atoms with Gasteiger partial charge in [-0.2, -0.15) is 0 Å². The molecule has 0 amide bonds. The molecule has 1 N–H and O–H groups in total. The Kier molecular flexibility index (Phi) is 4.80. The lowest BCUT2D eigenvalue weighted by molar-refractivity contribution is -0.0554. The van der Waals surface area contributed by atoms with Crippen LogP contribution in [-0.4, -0.2) is 20.0 Å². The molecule has 2 heterocycles. The van der Waals surface area contributed by atoms with Crippen molar-refractivity contribution in [2.75, 3.05) is 0 Å². The Bertz CT molecular complexity index is 669. The fourth-order valence-electron chi connectivity index (χ4n) is 2.72. The van der Waals surface area contributed by atoms with Crippen LogP contribution in [0, 0.1) is 12.8 Å². The van der Waals surface area contributed by atoms with E-state index in [4.69, 9.17) is 16.3 Å². The van der Waals surface area contributed by atoms with E-state index in [9.17, 15) is 9.59 Å². The summed E-state index contributed by atoms with van der Waals surface area (Å²) >= 11 is 9.36. The first-order valence-electron chi connectivity index (χ1n) is 6.78. The highest BCUT2D eigenvalue weighted by molar-refractivity contribution is 9.09. The molecule has 116 valence electrons. The molecule has 0 aliphatic carbocycles. The van der Waals surface area contributed by atoms with Crippen LogP contribution in [0.4, 0.5) is 0 Å². The van der Waals surface area contributed by atoms with E-state index in [2.05, 4.69) is 20.9 Å². The van der Waals surface area contributed by atoms with Crippen molar-refractivity contribution in [3.63, 3.8) is 0 Å². The molecule has 1 fully saturated rings. The van der Waals surface area contributed by atoms with E-state index in [-0.39, 0.29) is 16.3 Å². The molecule has 4 atom stereocenters. The van der Waals surface area contributed by atoms with Gasteiger partial charge in [-0.15, -0.1) is 0 Å². The number of H-pyrrole nitrogens is 1. The van der Waals surface area contributed by atoms with Gasteiger partial charge in [0.25, 0.3) is 5.56 Å². The molecule has 1 aliphatic heterocycles. The van der Waals surface area contributed by atoms with Gasteiger partial charge in [-0.1, -0.05) is 41.4 Å². The fraction of sp³-hybridized carbons (Fsp3) is 0.571. The molecule has 7 heteroatoms. The van der Waals surface area contributed by atoms with Crippen molar-refractivity contribution in [1.82, 2.24) is 9.55 Å². The maximum absolute atomic E-state index is 12.1. The number of hydrogen-bond donors (Lipinski definition) is 1. The topological polar surface area (TPSA) is 64.1 Å². The predicted molar refractivity (Wildman–Crippen MR) is 86.1 cm³/mol. The second-order valence-corrected chi connectivity index (χ2v) is 6.63. The quantitative estimate of drug-likeness (QED) is 0.824. The van der Waals surface area contributed by atoms with Gasteiger partial charge in [-0.25, -0.2) is 4.79 Å². The minimum atomic E-state index is -0.538. The first-order chi connectivity index (χ1) is 9.86. The molecule has 1 aromatic rings. The Morgan fingerprint density at radius 2 is 2.24 bits per heavy atom. The average Bonchev–Trinajstić information content (AvgIpc) is 2.69.